The predicted octanol–water partition coefficient (Wildman–Crippen LogP) is 1.63. The fraction of sp³-hybridized carbons (Fsp3) is 0.167. The monoisotopic (exact) mass is 247 g/mol. The summed E-state index contributed by atoms with van der Waals surface area (Å²) in [5.74, 6) is 0.698. The van der Waals surface area contributed by atoms with E-state index in [1.807, 2.05) is 37.5 Å². The molecule has 2 rings (SSSR count). The molecule has 17 heavy (non-hydrogen) atoms. The van der Waals surface area contributed by atoms with E-state index in [0.29, 0.717) is 17.3 Å². The van der Waals surface area contributed by atoms with Gasteiger partial charge < -0.3 is 10.5 Å². The summed E-state index contributed by atoms with van der Waals surface area (Å²) in [5.41, 5.74) is 7.38. The van der Waals surface area contributed by atoms with E-state index >= 15 is 0 Å². The molecule has 2 N–H and O–H groups in total. The number of nitrogens with two attached hydrogens (primary N) is 1. The van der Waals surface area contributed by atoms with E-state index in [1.165, 1.54) is 0 Å². The molecule has 0 radical (unpaired) electrons. The Labute approximate surface area is 105 Å². The topological polar surface area (TPSA) is 53.1 Å². The Morgan fingerprint density at radius 2 is 2.24 bits per heavy atom. The molecule has 4 nitrogen and oxygen atoms in total. The maximum Gasteiger partial charge on any atom is 0.129 e. The molecule has 1 heterocycles. The lowest BCUT2D eigenvalue weighted by molar-refractivity contribution is 0.305. The number of hydrogen-bond acceptors (Lipinski definition) is 3. The van der Waals surface area contributed by atoms with Crippen LogP contribution in [0.25, 0.3) is 0 Å². The lowest BCUT2D eigenvalue weighted by atomic mass is 10.2. The van der Waals surface area contributed by atoms with Crippen molar-refractivity contribution in [1.29, 1.82) is 0 Å². The Hall–Kier alpha value is -1.88. The number of rotatable bonds is 4. The van der Waals surface area contributed by atoms with Crippen LogP contribution in [0, 0.1) is 0 Å². The summed E-state index contributed by atoms with van der Waals surface area (Å²) in [4.78, 5) is 0.340. The van der Waals surface area contributed by atoms with Gasteiger partial charge in [0, 0.05) is 18.8 Å². The Balaban J connectivity index is 2.11. The van der Waals surface area contributed by atoms with E-state index in [2.05, 4.69) is 5.10 Å². The quantitative estimate of drug-likeness (QED) is 0.834. The minimum Gasteiger partial charge on any atom is -0.488 e. The fourth-order valence-corrected chi connectivity index (χ4v) is 1.67. The van der Waals surface area contributed by atoms with Gasteiger partial charge in [-0.2, -0.15) is 5.10 Å². The highest BCUT2D eigenvalue weighted by atomic mass is 32.1. The predicted molar refractivity (Wildman–Crippen MR) is 69.9 cm³/mol. The average molecular weight is 247 g/mol. The lowest BCUT2D eigenvalue weighted by Crippen LogP contribution is -2.11. The second kappa shape index (κ2) is 4.97. The van der Waals surface area contributed by atoms with Gasteiger partial charge in [-0.15, -0.1) is 0 Å². The second-order valence-electron chi connectivity index (χ2n) is 3.67. The zero-order valence-corrected chi connectivity index (χ0v) is 10.3. The van der Waals surface area contributed by atoms with Gasteiger partial charge in [0.1, 0.15) is 17.3 Å². The standard InChI is InChI=1S/C12H13N3OS/c1-15-7-9(6-14-15)8-16-11-5-3-2-4-10(11)12(13)17/h2-7H,8H2,1H3,(H2,13,17). The number of aryl methyl sites for hydroxylation is 1. The van der Waals surface area contributed by atoms with E-state index in [-0.39, 0.29) is 0 Å². The normalized spacial score (nSPS) is 10.2. The first-order chi connectivity index (χ1) is 8.16. The van der Waals surface area contributed by atoms with Crippen molar-refractivity contribution in [2.45, 2.75) is 6.61 Å². The minimum absolute atomic E-state index is 0.340. The molecular formula is C12H13N3OS. The molecule has 2 aromatic rings. The van der Waals surface area contributed by atoms with Gasteiger partial charge in [0.15, 0.2) is 0 Å². The van der Waals surface area contributed by atoms with Crippen molar-refractivity contribution < 1.29 is 4.74 Å². The summed E-state index contributed by atoms with van der Waals surface area (Å²) < 4.78 is 7.41. The molecular weight excluding hydrogens is 234 g/mol. The zero-order chi connectivity index (χ0) is 12.3. The molecule has 0 atom stereocenters. The Bertz CT molecular complexity index is 536. The summed E-state index contributed by atoms with van der Waals surface area (Å²) in [6.07, 6.45) is 3.67. The van der Waals surface area contributed by atoms with Gasteiger partial charge in [-0.3, -0.25) is 4.68 Å². The van der Waals surface area contributed by atoms with E-state index in [9.17, 15) is 0 Å². The number of benzene rings is 1. The van der Waals surface area contributed by atoms with E-state index in [0.717, 1.165) is 11.1 Å². The van der Waals surface area contributed by atoms with Crippen molar-refractivity contribution in [3.05, 3.63) is 47.8 Å². The van der Waals surface area contributed by atoms with Crippen LogP contribution < -0.4 is 10.5 Å². The number of hydrogen-bond donors (Lipinski definition) is 1. The highest BCUT2D eigenvalue weighted by Crippen LogP contribution is 2.18. The molecule has 0 saturated carbocycles. The SMILES string of the molecule is Cn1cc(COc2ccccc2C(N)=S)cn1. The summed E-state index contributed by atoms with van der Waals surface area (Å²) in [5, 5.41) is 4.07. The van der Waals surface area contributed by atoms with Gasteiger partial charge in [0.25, 0.3) is 0 Å². The zero-order valence-electron chi connectivity index (χ0n) is 9.46. The molecule has 5 heteroatoms. The van der Waals surface area contributed by atoms with Crippen LogP contribution in [0.4, 0.5) is 0 Å². The molecule has 0 bridgehead atoms. The number of aromatic nitrogens is 2. The van der Waals surface area contributed by atoms with Gasteiger partial charge in [-0.25, -0.2) is 0 Å². The lowest BCUT2D eigenvalue weighted by Gasteiger charge is -2.09. The van der Waals surface area contributed by atoms with Crippen molar-refractivity contribution in [2.75, 3.05) is 0 Å². The Kier molecular flexibility index (Phi) is 3.39. The number of para-hydroxylation sites is 1. The van der Waals surface area contributed by atoms with E-state index in [4.69, 9.17) is 22.7 Å². The summed E-state index contributed by atoms with van der Waals surface area (Å²) in [7, 11) is 1.87. The smallest absolute Gasteiger partial charge is 0.129 e. The van der Waals surface area contributed by atoms with Crippen LogP contribution in [0.15, 0.2) is 36.7 Å². The summed E-state index contributed by atoms with van der Waals surface area (Å²) in [6, 6.07) is 7.47. The third-order valence-electron chi connectivity index (χ3n) is 2.31. The molecule has 0 fully saturated rings. The van der Waals surface area contributed by atoms with Crippen LogP contribution >= 0.6 is 12.2 Å². The van der Waals surface area contributed by atoms with Crippen LogP contribution in [-0.2, 0) is 13.7 Å². The average Bonchev–Trinajstić information content (AvgIpc) is 2.73. The maximum atomic E-state index is 5.68. The van der Waals surface area contributed by atoms with Gasteiger partial charge in [0.05, 0.1) is 11.8 Å². The molecule has 0 saturated heterocycles. The molecule has 0 aliphatic heterocycles. The third kappa shape index (κ3) is 2.82. The summed E-state index contributed by atoms with van der Waals surface area (Å²) >= 11 is 4.97. The molecule has 1 aromatic carbocycles. The molecule has 0 amide bonds. The Morgan fingerprint density at radius 3 is 2.88 bits per heavy atom. The molecule has 1 aromatic heterocycles. The van der Waals surface area contributed by atoms with Crippen LogP contribution in [0.3, 0.4) is 0 Å². The van der Waals surface area contributed by atoms with Crippen LogP contribution in [0.5, 0.6) is 5.75 Å². The van der Waals surface area contributed by atoms with Crippen molar-refractivity contribution in [3.8, 4) is 5.75 Å². The van der Waals surface area contributed by atoms with Crippen molar-refractivity contribution in [2.24, 2.45) is 12.8 Å². The molecule has 0 aliphatic rings. The molecule has 0 aliphatic carbocycles. The van der Waals surface area contributed by atoms with Crippen molar-refractivity contribution >= 4 is 17.2 Å². The first-order valence-electron chi connectivity index (χ1n) is 5.16. The number of ether oxygens (including phenoxy) is 1. The third-order valence-corrected chi connectivity index (χ3v) is 2.53. The Morgan fingerprint density at radius 1 is 1.47 bits per heavy atom. The largest absolute Gasteiger partial charge is 0.488 e. The minimum atomic E-state index is 0.340. The van der Waals surface area contributed by atoms with Crippen LogP contribution in [-0.4, -0.2) is 14.8 Å². The first-order valence-corrected chi connectivity index (χ1v) is 5.57. The van der Waals surface area contributed by atoms with Crippen LogP contribution in [0.1, 0.15) is 11.1 Å². The molecule has 0 unspecified atom stereocenters. The molecule has 88 valence electrons. The van der Waals surface area contributed by atoms with Gasteiger partial charge in [-0.1, -0.05) is 24.4 Å². The second-order valence-corrected chi connectivity index (χ2v) is 4.11. The highest BCUT2D eigenvalue weighted by Gasteiger charge is 2.05. The first kappa shape index (κ1) is 11.6. The van der Waals surface area contributed by atoms with Crippen molar-refractivity contribution in [3.63, 3.8) is 0 Å². The van der Waals surface area contributed by atoms with Gasteiger partial charge in [0.2, 0.25) is 0 Å². The van der Waals surface area contributed by atoms with E-state index < -0.39 is 0 Å². The molecule has 0 spiro atoms. The van der Waals surface area contributed by atoms with Gasteiger partial charge in [-0.05, 0) is 12.1 Å². The maximum absolute atomic E-state index is 5.68. The summed E-state index contributed by atoms with van der Waals surface area (Å²) in [6.45, 7) is 0.452. The van der Waals surface area contributed by atoms with Crippen molar-refractivity contribution in [1.82, 2.24) is 9.78 Å². The number of thiocarbonyl (C=S) groups is 1. The van der Waals surface area contributed by atoms with Gasteiger partial charge >= 0.3 is 0 Å². The van der Waals surface area contributed by atoms with E-state index in [1.54, 1.807) is 10.9 Å². The van der Waals surface area contributed by atoms with Crippen LogP contribution in [0.2, 0.25) is 0 Å². The number of nitrogens with zero attached hydrogens (tertiary/aromatic N) is 2. The fourth-order valence-electron chi connectivity index (χ4n) is 1.50. The highest BCUT2D eigenvalue weighted by molar-refractivity contribution is 7.80.